The van der Waals surface area contributed by atoms with Gasteiger partial charge in [-0.15, -0.1) is 0 Å². The second kappa shape index (κ2) is 5.02. The summed E-state index contributed by atoms with van der Waals surface area (Å²) in [5, 5.41) is 6.67. The molecule has 0 spiro atoms. The zero-order valence-corrected chi connectivity index (χ0v) is 12.3. The van der Waals surface area contributed by atoms with E-state index in [1.807, 2.05) is 0 Å². The summed E-state index contributed by atoms with van der Waals surface area (Å²) in [6.45, 7) is 2.31. The van der Waals surface area contributed by atoms with Crippen LogP contribution in [0, 0.1) is 5.41 Å². The molecule has 1 amide bonds. The van der Waals surface area contributed by atoms with Crippen molar-refractivity contribution in [1.82, 2.24) is 10.6 Å². The molecule has 2 N–H and O–H groups in total. The molecule has 0 radical (unpaired) electrons. The summed E-state index contributed by atoms with van der Waals surface area (Å²) in [7, 11) is 0. The van der Waals surface area contributed by atoms with Crippen molar-refractivity contribution in [2.24, 2.45) is 5.41 Å². The number of hydrogen-bond acceptors (Lipinski definition) is 3. The Kier molecular flexibility index (Phi) is 3.14. The third-order valence-corrected chi connectivity index (χ3v) is 5.43. The monoisotopic (exact) mass is 286 g/mol. The number of benzene rings is 1. The molecular formula is C17H22N2O2. The first-order valence-corrected chi connectivity index (χ1v) is 8.05. The van der Waals surface area contributed by atoms with Crippen molar-refractivity contribution in [2.75, 3.05) is 13.2 Å². The number of fused-ring (bicyclic) bond motifs is 2. The van der Waals surface area contributed by atoms with Gasteiger partial charge < -0.3 is 15.4 Å². The highest BCUT2D eigenvalue weighted by Gasteiger charge is 2.51. The summed E-state index contributed by atoms with van der Waals surface area (Å²) in [6.07, 6.45) is 5.28. The van der Waals surface area contributed by atoms with E-state index in [1.54, 1.807) is 0 Å². The van der Waals surface area contributed by atoms with E-state index < -0.39 is 0 Å². The first-order chi connectivity index (χ1) is 10.3. The average Bonchev–Trinajstić information content (AvgIpc) is 3.18. The van der Waals surface area contributed by atoms with Crippen LogP contribution in [-0.2, 0) is 17.8 Å². The lowest BCUT2D eigenvalue weighted by atomic mass is 9.81. The largest absolute Gasteiger partial charge is 0.493 e. The van der Waals surface area contributed by atoms with Gasteiger partial charge in [0.1, 0.15) is 5.75 Å². The van der Waals surface area contributed by atoms with Crippen molar-refractivity contribution in [3.8, 4) is 5.75 Å². The van der Waals surface area contributed by atoms with E-state index in [-0.39, 0.29) is 11.3 Å². The van der Waals surface area contributed by atoms with E-state index in [1.165, 1.54) is 5.56 Å². The fraction of sp³-hybridized carbons (Fsp3) is 0.588. The summed E-state index contributed by atoms with van der Waals surface area (Å²) in [6, 6.07) is 6.61. The Labute approximate surface area is 125 Å². The van der Waals surface area contributed by atoms with E-state index >= 15 is 0 Å². The van der Waals surface area contributed by atoms with Crippen LogP contribution in [0.25, 0.3) is 0 Å². The van der Waals surface area contributed by atoms with Crippen molar-refractivity contribution < 1.29 is 9.53 Å². The van der Waals surface area contributed by atoms with Crippen LogP contribution in [-0.4, -0.2) is 25.1 Å². The molecule has 21 heavy (non-hydrogen) atoms. The number of nitrogens with one attached hydrogen (secondary N) is 2. The molecule has 112 valence electrons. The molecule has 1 aromatic carbocycles. The number of carbonyl (C=O) groups is 1. The lowest BCUT2D eigenvalue weighted by Gasteiger charge is -2.27. The van der Waals surface area contributed by atoms with Gasteiger partial charge >= 0.3 is 0 Å². The predicted octanol–water partition coefficient (Wildman–Crippen LogP) is 1.77. The van der Waals surface area contributed by atoms with Crippen LogP contribution < -0.4 is 15.4 Å². The molecule has 2 aliphatic heterocycles. The van der Waals surface area contributed by atoms with Gasteiger partial charge in [-0.25, -0.2) is 0 Å². The maximum Gasteiger partial charge on any atom is 0.228 e. The number of ether oxygens (including phenoxy) is 1. The number of rotatable bonds is 3. The SMILES string of the molecule is O=C(NCc1cccc2c1OCC2)[C@]12CCC[C@H]1NCC2. The molecule has 1 aromatic rings. The molecule has 2 fully saturated rings. The van der Waals surface area contributed by atoms with Crippen LogP contribution in [0.3, 0.4) is 0 Å². The molecule has 2 atom stereocenters. The second-order valence-electron chi connectivity index (χ2n) is 6.49. The zero-order chi connectivity index (χ0) is 14.3. The van der Waals surface area contributed by atoms with Crippen LogP contribution in [0.2, 0.25) is 0 Å². The standard InChI is InChI=1S/C17H22N2O2/c20-16(17-7-2-5-14(17)18-9-8-17)19-11-13-4-1-3-12-6-10-21-15(12)13/h1,3-4,14,18H,2,5-11H2,(H,19,20)/t14-,17+/m1/s1. The molecule has 4 heteroatoms. The fourth-order valence-electron chi connectivity index (χ4n) is 4.30. The van der Waals surface area contributed by atoms with Crippen LogP contribution >= 0.6 is 0 Å². The third kappa shape index (κ3) is 2.04. The number of amides is 1. The van der Waals surface area contributed by atoms with Crippen molar-refractivity contribution in [3.63, 3.8) is 0 Å². The minimum absolute atomic E-state index is 0.154. The zero-order valence-electron chi connectivity index (χ0n) is 12.3. The number of hydrogen-bond donors (Lipinski definition) is 2. The maximum absolute atomic E-state index is 12.7. The van der Waals surface area contributed by atoms with E-state index in [0.29, 0.717) is 12.6 Å². The Morgan fingerprint density at radius 3 is 3.33 bits per heavy atom. The van der Waals surface area contributed by atoms with Crippen LogP contribution in [0.4, 0.5) is 0 Å². The highest BCUT2D eigenvalue weighted by Crippen LogP contribution is 2.44. The molecule has 0 aromatic heterocycles. The summed E-state index contributed by atoms with van der Waals surface area (Å²) in [4.78, 5) is 12.7. The van der Waals surface area contributed by atoms with Crippen molar-refractivity contribution in [3.05, 3.63) is 29.3 Å². The van der Waals surface area contributed by atoms with E-state index in [4.69, 9.17) is 4.74 Å². The van der Waals surface area contributed by atoms with Gasteiger partial charge in [0.25, 0.3) is 0 Å². The number of para-hydroxylation sites is 1. The third-order valence-electron chi connectivity index (χ3n) is 5.43. The van der Waals surface area contributed by atoms with E-state index in [9.17, 15) is 4.79 Å². The first kappa shape index (κ1) is 13.1. The highest BCUT2D eigenvalue weighted by atomic mass is 16.5. The van der Waals surface area contributed by atoms with Gasteiger partial charge in [-0.1, -0.05) is 24.6 Å². The van der Waals surface area contributed by atoms with Crippen LogP contribution in [0.5, 0.6) is 5.75 Å². The Bertz CT molecular complexity index is 560. The van der Waals surface area contributed by atoms with Gasteiger partial charge in [0.05, 0.1) is 12.0 Å². The molecule has 1 aliphatic carbocycles. The van der Waals surface area contributed by atoms with Crippen molar-refractivity contribution in [2.45, 2.75) is 44.7 Å². The summed E-state index contributed by atoms with van der Waals surface area (Å²) in [5.41, 5.74) is 2.22. The normalized spacial score (nSPS) is 29.8. The summed E-state index contributed by atoms with van der Waals surface area (Å²) < 4.78 is 5.71. The van der Waals surface area contributed by atoms with Gasteiger partial charge in [-0.05, 0) is 31.4 Å². The van der Waals surface area contributed by atoms with Crippen molar-refractivity contribution >= 4 is 5.91 Å². The Balaban J connectivity index is 1.48. The lowest BCUT2D eigenvalue weighted by Crippen LogP contribution is -2.45. The van der Waals surface area contributed by atoms with E-state index in [2.05, 4.69) is 28.8 Å². The topological polar surface area (TPSA) is 50.4 Å². The minimum atomic E-state index is -0.154. The summed E-state index contributed by atoms with van der Waals surface area (Å²) in [5.74, 6) is 1.22. The molecule has 1 saturated carbocycles. The van der Waals surface area contributed by atoms with Crippen LogP contribution in [0.1, 0.15) is 36.8 Å². The fourth-order valence-corrected chi connectivity index (χ4v) is 4.30. The average molecular weight is 286 g/mol. The molecule has 1 saturated heterocycles. The molecule has 0 bridgehead atoms. The molecule has 2 heterocycles. The van der Waals surface area contributed by atoms with Crippen LogP contribution in [0.15, 0.2) is 18.2 Å². The van der Waals surface area contributed by atoms with Gasteiger partial charge in [0.15, 0.2) is 0 Å². The van der Waals surface area contributed by atoms with Gasteiger partial charge in [-0.2, -0.15) is 0 Å². The molecule has 4 rings (SSSR count). The van der Waals surface area contributed by atoms with Gasteiger partial charge in [0.2, 0.25) is 5.91 Å². The van der Waals surface area contributed by atoms with Gasteiger partial charge in [0, 0.05) is 24.6 Å². The molecular weight excluding hydrogens is 264 g/mol. The molecule has 3 aliphatic rings. The molecule has 4 nitrogen and oxygen atoms in total. The van der Waals surface area contributed by atoms with Crippen molar-refractivity contribution in [1.29, 1.82) is 0 Å². The quantitative estimate of drug-likeness (QED) is 0.890. The molecule has 0 unspecified atom stereocenters. The first-order valence-electron chi connectivity index (χ1n) is 8.05. The Morgan fingerprint density at radius 2 is 2.38 bits per heavy atom. The summed E-state index contributed by atoms with van der Waals surface area (Å²) >= 11 is 0. The smallest absolute Gasteiger partial charge is 0.228 e. The predicted molar refractivity (Wildman–Crippen MR) is 80.2 cm³/mol. The second-order valence-corrected chi connectivity index (χ2v) is 6.49. The highest BCUT2D eigenvalue weighted by molar-refractivity contribution is 5.84. The van der Waals surface area contributed by atoms with E-state index in [0.717, 1.165) is 56.6 Å². The lowest BCUT2D eigenvalue weighted by molar-refractivity contribution is -0.131. The number of carbonyl (C=O) groups excluding carboxylic acids is 1. The Hall–Kier alpha value is -1.55. The Morgan fingerprint density at radius 1 is 1.43 bits per heavy atom. The van der Waals surface area contributed by atoms with Gasteiger partial charge in [-0.3, -0.25) is 4.79 Å². The maximum atomic E-state index is 12.7. The minimum Gasteiger partial charge on any atom is -0.493 e.